The van der Waals surface area contributed by atoms with Crippen molar-refractivity contribution in [2.75, 3.05) is 39.1 Å². The normalized spacial score (nSPS) is 21.3. The monoisotopic (exact) mass is 656 g/mol. The Morgan fingerprint density at radius 2 is 2.15 bits per heavy atom. The number of nitrogens with one attached hydrogen (secondary N) is 2. The van der Waals surface area contributed by atoms with Gasteiger partial charge in [-0.25, -0.2) is 20.8 Å². The summed E-state index contributed by atoms with van der Waals surface area (Å²) < 4.78 is 38.8. The van der Waals surface area contributed by atoms with Gasteiger partial charge < -0.3 is 30.5 Å². The van der Waals surface area contributed by atoms with Gasteiger partial charge in [-0.05, 0) is 49.8 Å². The van der Waals surface area contributed by atoms with Crippen LogP contribution in [-0.2, 0) is 4.74 Å². The second kappa shape index (κ2) is 14.2. The van der Waals surface area contributed by atoms with Crippen molar-refractivity contribution in [3.63, 3.8) is 0 Å². The smallest absolute Gasteiger partial charge is 0.387 e. The minimum atomic E-state index is -3.03. The number of halogens is 2. The molecule has 3 aliphatic heterocycles. The van der Waals surface area contributed by atoms with E-state index in [1.54, 1.807) is 53.0 Å². The highest BCUT2D eigenvalue weighted by atomic mass is 32.2. The Bertz CT molecular complexity index is 1590. The maximum absolute atomic E-state index is 13.5. The molecular formula is C30H38F2N10O3S. The van der Waals surface area contributed by atoms with Crippen molar-refractivity contribution in [2.24, 2.45) is 11.6 Å². The Morgan fingerprint density at radius 1 is 1.33 bits per heavy atom. The minimum Gasteiger partial charge on any atom is -0.434 e. The number of fused-ring (bicyclic) bond motifs is 1. The number of likely N-dealkylation sites (tertiary alicyclic amines) is 1. The molecule has 1 amide bonds. The summed E-state index contributed by atoms with van der Waals surface area (Å²) in [6, 6.07) is 6.54. The molecule has 46 heavy (non-hydrogen) atoms. The first-order valence-corrected chi connectivity index (χ1v) is 16.3. The second-order valence-corrected chi connectivity index (χ2v) is 12.3. The number of hydrogen-bond donors (Lipinski definition) is 4. The van der Waals surface area contributed by atoms with E-state index in [0.717, 1.165) is 50.5 Å². The summed E-state index contributed by atoms with van der Waals surface area (Å²) in [5, 5.41) is 10.5. The van der Waals surface area contributed by atoms with E-state index in [9.17, 15) is 13.6 Å². The molecule has 1 aromatic carbocycles. The van der Waals surface area contributed by atoms with Crippen LogP contribution in [0.1, 0.15) is 41.2 Å². The molecule has 2 fully saturated rings. The molecule has 6 N–H and O–H groups in total. The molecule has 0 radical (unpaired) electrons. The fraction of sp³-hybridized carbons (Fsp3) is 0.433. The molecule has 13 nitrogen and oxygen atoms in total. The van der Waals surface area contributed by atoms with E-state index >= 15 is 0 Å². The predicted molar refractivity (Wildman–Crippen MR) is 168 cm³/mol. The van der Waals surface area contributed by atoms with Crippen LogP contribution < -0.4 is 27.1 Å². The first-order valence-electron chi connectivity index (χ1n) is 15.1. The zero-order valence-corrected chi connectivity index (χ0v) is 26.2. The number of hydrazine groups is 2. The van der Waals surface area contributed by atoms with Crippen molar-refractivity contribution in [1.82, 2.24) is 40.3 Å². The van der Waals surface area contributed by atoms with Crippen LogP contribution in [0.2, 0.25) is 0 Å². The SMILES string of the molecule is CSc1ccc(OC(F)F)c(C2NN(C/C(N)=C/N(N)C3CCN(C4CCOC4)CC3)C=C2NC(=O)c2cnn3cccnc23)c1. The average Bonchev–Trinajstić information content (AvgIpc) is 3.82. The van der Waals surface area contributed by atoms with E-state index in [1.807, 2.05) is 6.26 Å². The minimum absolute atomic E-state index is 0.0166. The van der Waals surface area contributed by atoms with Crippen LogP contribution in [0.3, 0.4) is 0 Å². The van der Waals surface area contributed by atoms with E-state index in [0.29, 0.717) is 28.6 Å². The highest BCUT2D eigenvalue weighted by Gasteiger charge is 2.32. The lowest BCUT2D eigenvalue weighted by molar-refractivity contribution is -0.0507. The van der Waals surface area contributed by atoms with Crippen molar-refractivity contribution in [3.8, 4) is 5.75 Å². The molecule has 2 unspecified atom stereocenters. The highest BCUT2D eigenvalue weighted by molar-refractivity contribution is 7.98. The number of carbonyl (C=O) groups is 1. The fourth-order valence-electron chi connectivity index (χ4n) is 6.11. The zero-order chi connectivity index (χ0) is 32.2. The Kier molecular flexibility index (Phi) is 9.89. The molecule has 0 spiro atoms. The first kappa shape index (κ1) is 32.0. The largest absolute Gasteiger partial charge is 0.434 e. The van der Waals surface area contributed by atoms with Crippen LogP contribution in [0.5, 0.6) is 5.75 Å². The maximum Gasteiger partial charge on any atom is 0.387 e. The topological polar surface area (TPSA) is 152 Å². The first-order chi connectivity index (χ1) is 22.3. The number of piperidine rings is 1. The number of carbonyl (C=O) groups excluding carboxylic acids is 1. The van der Waals surface area contributed by atoms with Crippen molar-refractivity contribution >= 4 is 23.3 Å². The Hall–Kier alpha value is -3.96. The van der Waals surface area contributed by atoms with Crippen molar-refractivity contribution in [2.45, 2.75) is 48.9 Å². The number of nitrogens with zero attached hydrogens (tertiary/aromatic N) is 6. The number of hydrogen-bond acceptors (Lipinski definition) is 12. The molecule has 2 atom stereocenters. The summed E-state index contributed by atoms with van der Waals surface area (Å²) in [4.78, 5) is 21.1. The molecule has 5 heterocycles. The lowest BCUT2D eigenvalue weighted by Crippen LogP contribution is -2.49. The van der Waals surface area contributed by atoms with Gasteiger partial charge in [-0.2, -0.15) is 13.9 Å². The number of alkyl halides is 2. The third-order valence-electron chi connectivity index (χ3n) is 8.44. The average molecular weight is 657 g/mol. The van der Waals surface area contributed by atoms with Crippen LogP contribution in [0, 0.1) is 0 Å². The van der Waals surface area contributed by atoms with Gasteiger partial charge in [0.05, 0.1) is 31.1 Å². The van der Waals surface area contributed by atoms with Gasteiger partial charge in [-0.15, -0.1) is 11.8 Å². The highest BCUT2D eigenvalue weighted by Crippen LogP contribution is 2.36. The molecular weight excluding hydrogens is 618 g/mol. The van der Waals surface area contributed by atoms with E-state index in [2.05, 4.69) is 25.7 Å². The molecule has 0 saturated carbocycles. The number of aromatic nitrogens is 3. The third-order valence-corrected chi connectivity index (χ3v) is 9.16. The van der Waals surface area contributed by atoms with Crippen molar-refractivity contribution in [3.05, 3.63) is 77.8 Å². The Labute approximate surface area is 269 Å². The van der Waals surface area contributed by atoms with Crippen LogP contribution in [0.15, 0.2) is 71.5 Å². The summed E-state index contributed by atoms with van der Waals surface area (Å²) in [5.41, 5.74) is 11.7. The zero-order valence-electron chi connectivity index (χ0n) is 25.4. The molecule has 3 aromatic rings. The molecule has 16 heteroatoms. The molecule has 2 saturated heterocycles. The van der Waals surface area contributed by atoms with E-state index in [-0.39, 0.29) is 23.9 Å². The number of amides is 1. The molecule has 3 aliphatic rings. The molecule has 0 bridgehead atoms. The summed E-state index contributed by atoms with van der Waals surface area (Å²) in [5.74, 6) is 5.97. The Balaban J connectivity index is 1.20. The molecule has 2 aromatic heterocycles. The van der Waals surface area contributed by atoms with Gasteiger partial charge in [-0.1, -0.05) is 0 Å². The van der Waals surface area contributed by atoms with Gasteiger partial charge in [-0.3, -0.25) is 9.69 Å². The lowest BCUT2D eigenvalue weighted by Gasteiger charge is -2.38. The van der Waals surface area contributed by atoms with Gasteiger partial charge in [0.2, 0.25) is 0 Å². The summed E-state index contributed by atoms with van der Waals surface area (Å²) in [6.07, 6.45) is 12.9. The molecule has 6 rings (SSSR count). The third kappa shape index (κ3) is 7.20. The molecule has 246 valence electrons. The Morgan fingerprint density at radius 3 is 2.89 bits per heavy atom. The van der Waals surface area contributed by atoms with Crippen LogP contribution in [0.25, 0.3) is 5.65 Å². The number of thioether (sulfide) groups is 1. The van der Waals surface area contributed by atoms with E-state index < -0.39 is 18.6 Å². The lowest BCUT2D eigenvalue weighted by atomic mass is 10.0. The maximum atomic E-state index is 13.5. The number of benzene rings is 1. The van der Waals surface area contributed by atoms with Gasteiger partial charge in [0.15, 0.2) is 5.65 Å². The quantitative estimate of drug-likeness (QED) is 0.136. The number of nitrogens with two attached hydrogens (primary N) is 2. The number of rotatable bonds is 11. The van der Waals surface area contributed by atoms with Crippen molar-refractivity contribution < 1.29 is 23.0 Å². The van der Waals surface area contributed by atoms with Crippen molar-refractivity contribution in [1.29, 1.82) is 0 Å². The molecule has 0 aliphatic carbocycles. The van der Waals surface area contributed by atoms with Crippen LogP contribution in [-0.4, -0.2) is 93.2 Å². The summed E-state index contributed by atoms with van der Waals surface area (Å²) in [6.45, 7) is 0.670. The van der Waals surface area contributed by atoms with Crippen LogP contribution >= 0.6 is 11.8 Å². The van der Waals surface area contributed by atoms with E-state index in [4.69, 9.17) is 21.1 Å². The van der Waals surface area contributed by atoms with Gasteiger partial charge >= 0.3 is 6.61 Å². The van der Waals surface area contributed by atoms with Gasteiger partial charge in [0.1, 0.15) is 11.3 Å². The summed E-state index contributed by atoms with van der Waals surface area (Å²) in [7, 11) is 0. The second-order valence-electron chi connectivity index (χ2n) is 11.4. The fourth-order valence-corrected chi connectivity index (χ4v) is 6.56. The van der Waals surface area contributed by atoms with Gasteiger partial charge in [0, 0.05) is 72.7 Å². The standard InChI is InChI=1S/C30H38F2N10O3S/c1-46-22-3-4-26(45-30(31)32)23(13-22)27-25(37-29(43)24-14-36-42-9-2-8-35-28(24)42)17-40(38-27)15-19(33)16-41(34)20-5-10-39(11-6-20)21-7-12-44-18-21/h2-4,8-9,13-14,16-17,20-21,27,30,38H,5-7,10-12,15,18,33-34H2,1H3,(H,37,43)/b19-16-. The summed E-state index contributed by atoms with van der Waals surface area (Å²) >= 11 is 1.45. The van der Waals surface area contributed by atoms with Gasteiger partial charge in [0.25, 0.3) is 5.91 Å². The van der Waals surface area contributed by atoms with Crippen LogP contribution in [0.4, 0.5) is 8.78 Å². The number of ether oxygens (including phenoxy) is 2. The predicted octanol–water partition coefficient (Wildman–Crippen LogP) is 2.41. The van der Waals surface area contributed by atoms with E-state index in [1.165, 1.54) is 28.5 Å².